The molecule has 0 unspecified atom stereocenters. The fourth-order valence-electron chi connectivity index (χ4n) is 2.28. The van der Waals surface area contributed by atoms with E-state index in [-0.39, 0.29) is 18.0 Å². The first-order chi connectivity index (χ1) is 10.0. The lowest BCUT2D eigenvalue weighted by molar-refractivity contribution is -0.383. The topological polar surface area (TPSA) is 110 Å². The number of rotatable bonds is 3. The Labute approximate surface area is 119 Å². The number of amides is 1. The highest BCUT2D eigenvalue weighted by atomic mass is 16.6. The standard InChI is InChI=1S/C14H12N4O3/c15-9-2-1-3-10(6-9)16-12-7-11-8(5-14(19)17-11)4-13(12)18(20)21/h1-4,6-7,16H,5,15H2,(H,17,19). The number of nitrogens with one attached hydrogen (secondary N) is 2. The SMILES string of the molecule is Nc1cccc(Nc2cc3c(cc2[N+](=O)[O-])CC(=O)N3)c1. The lowest BCUT2D eigenvalue weighted by Gasteiger charge is -2.09. The molecule has 0 aromatic heterocycles. The van der Waals surface area contributed by atoms with Gasteiger partial charge in [0.05, 0.1) is 11.3 Å². The molecule has 0 aliphatic carbocycles. The van der Waals surface area contributed by atoms with Crippen LogP contribution in [0.25, 0.3) is 0 Å². The van der Waals surface area contributed by atoms with Crippen LogP contribution in [-0.4, -0.2) is 10.8 Å². The van der Waals surface area contributed by atoms with Gasteiger partial charge in [0.2, 0.25) is 5.91 Å². The van der Waals surface area contributed by atoms with Crippen LogP contribution in [-0.2, 0) is 11.2 Å². The summed E-state index contributed by atoms with van der Waals surface area (Å²) < 4.78 is 0. The van der Waals surface area contributed by atoms with Crippen molar-refractivity contribution in [3.05, 3.63) is 52.1 Å². The van der Waals surface area contributed by atoms with Gasteiger partial charge in [-0.05, 0) is 29.8 Å². The summed E-state index contributed by atoms with van der Waals surface area (Å²) in [6.07, 6.45) is 0.161. The Kier molecular flexibility index (Phi) is 2.94. The Morgan fingerprint density at radius 2 is 2.10 bits per heavy atom. The molecule has 0 atom stereocenters. The summed E-state index contributed by atoms with van der Waals surface area (Å²) in [6.45, 7) is 0. The largest absolute Gasteiger partial charge is 0.399 e. The number of nitro groups is 1. The van der Waals surface area contributed by atoms with Crippen LogP contribution < -0.4 is 16.4 Å². The van der Waals surface area contributed by atoms with Crippen molar-refractivity contribution in [2.45, 2.75) is 6.42 Å². The summed E-state index contributed by atoms with van der Waals surface area (Å²) >= 11 is 0. The molecule has 1 amide bonds. The Hall–Kier alpha value is -3.09. The number of anilines is 4. The molecule has 2 aromatic rings. The molecular weight excluding hydrogens is 272 g/mol. The van der Waals surface area contributed by atoms with Gasteiger partial charge < -0.3 is 16.4 Å². The number of nitrogen functional groups attached to an aromatic ring is 1. The fraction of sp³-hybridized carbons (Fsp3) is 0.0714. The zero-order valence-corrected chi connectivity index (χ0v) is 10.9. The predicted octanol–water partition coefficient (Wildman–Crippen LogP) is 2.42. The van der Waals surface area contributed by atoms with Gasteiger partial charge >= 0.3 is 0 Å². The van der Waals surface area contributed by atoms with Gasteiger partial charge in [-0.1, -0.05) is 6.07 Å². The zero-order chi connectivity index (χ0) is 15.0. The molecule has 0 radical (unpaired) electrons. The molecule has 0 fully saturated rings. The number of carbonyl (C=O) groups excluding carboxylic acids is 1. The van der Waals surface area contributed by atoms with Gasteiger partial charge in [0, 0.05) is 23.1 Å². The van der Waals surface area contributed by atoms with Crippen molar-refractivity contribution in [1.29, 1.82) is 0 Å². The quantitative estimate of drug-likeness (QED) is 0.455. The van der Waals surface area contributed by atoms with Crippen LogP contribution in [0.2, 0.25) is 0 Å². The van der Waals surface area contributed by atoms with Crippen LogP contribution in [0, 0.1) is 10.1 Å². The second kappa shape index (κ2) is 4.78. The number of nitro benzene ring substituents is 1. The minimum absolute atomic E-state index is 0.0762. The fourth-order valence-corrected chi connectivity index (χ4v) is 2.28. The third-order valence-electron chi connectivity index (χ3n) is 3.21. The van der Waals surface area contributed by atoms with E-state index in [1.54, 1.807) is 30.3 Å². The maximum Gasteiger partial charge on any atom is 0.293 e. The number of nitrogens with two attached hydrogens (primary N) is 1. The molecule has 0 saturated heterocycles. The molecule has 1 aliphatic rings. The van der Waals surface area contributed by atoms with Gasteiger partial charge in [0.15, 0.2) is 0 Å². The van der Waals surface area contributed by atoms with Gasteiger partial charge in [-0.3, -0.25) is 14.9 Å². The average Bonchev–Trinajstić information content (AvgIpc) is 2.76. The first-order valence-electron chi connectivity index (χ1n) is 6.26. The van der Waals surface area contributed by atoms with Crippen LogP contribution >= 0.6 is 0 Å². The van der Waals surface area contributed by atoms with E-state index in [1.807, 2.05) is 0 Å². The molecule has 1 aliphatic heterocycles. The summed E-state index contributed by atoms with van der Waals surface area (Å²) in [5.74, 6) is -0.166. The highest BCUT2D eigenvalue weighted by Gasteiger charge is 2.24. The van der Waals surface area contributed by atoms with E-state index in [0.717, 1.165) is 0 Å². The van der Waals surface area contributed by atoms with E-state index in [9.17, 15) is 14.9 Å². The van der Waals surface area contributed by atoms with Gasteiger partial charge in [0.1, 0.15) is 5.69 Å². The molecule has 0 saturated carbocycles. The van der Waals surface area contributed by atoms with E-state index in [4.69, 9.17) is 5.73 Å². The zero-order valence-electron chi connectivity index (χ0n) is 10.9. The number of carbonyl (C=O) groups is 1. The molecule has 1 heterocycles. The molecule has 2 aromatic carbocycles. The number of hydrogen-bond donors (Lipinski definition) is 3. The number of hydrogen-bond acceptors (Lipinski definition) is 5. The average molecular weight is 284 g/mol. The van der Waals surface area contributed by atoms with Crippen LogP contribution in [0.5, 0.6) is 0 Å². The molecule has 7 nitrogen and oxygen atoms in total. The Morgan fingerprint density at radius 1 is 1.29 bits per heavy atom. The highest BCUT2D eigenvalue weighted by molar-refractivity contribution is 6.00. The summed E-state index contributed by atoms with van der Waals surface area (Å²) in [6, 6.07) is 9.89. The number of benzene rings is 2. The minimum atomic E-state index is -0.474. The molecule has 106 valence electrons. The summed E-state index contributed by atoms with van der Waals surface area (Å²) in [5, 5.41) is 16.8. The monoisotopic (exact) mass is 284 g/mol. The van der Waals surface area contributed by atoms with Crippen molar-refractivity contribution in [2.24, 2.45) is 0 Å². The molecule has 7 heteroatoms. The van der Waals surface area contributed by atoms with Crippen molar-refractivity contribution in [2.75, 3.05) is 16.4 Å². The van der Waals surface area contributed by atoms with Gasteiger partial charge in [-0.2, -0.15) is 0 Å². The maximum atomic E-state index is 11.4. The predicted molar refractivity (Wildman–Crippen MR) is 79.6 cm³/mol. The normalized spacial score (nSPS) is 12.7. The summed E-state index contributed by atoms with van der Waals surface area (Å²) in [5.41, 5.74) is 8.34. The van der Waals surface area contributed by atoms with E-state index in [0.29, 0.717) is 28.3 Å². The first kappa shape index (κ1) is 12.9. The molecule has 4 N–H and O–H groups in total. The Bertz CT molecular complexity index is 758. The van der Waals surface area contributed by atoms with Crippen molar-refractivity contribution in [3.8, 4) is 0 Å². The first-order valence-corrected chi connectivity index (χ1v) is 6.26. The van der Waals surface area contributed by atoms with Crippen molar-refractivity contribution in [3.63, 3.8) is 0 Å². The van der Waals surface area contributed by atoms with Crippen LogP contribution in [0.15, 0.2) is 36.4 Å². The molecule has 3 rings (SSSR count). The highest BCUT2D eigenvalue weighted by Crippen LogP contribution is 2.36. The number of nitrogens with zero attached hydrogens (tertiary/aromatic N) is 1. The maximum absolute atomic E-state index is 11.4. The van der Waals surface area contributed by atoms with Gasteiger partial charge in [-0.25, -0.2) is 0 Å². The Balaban J connectivity index is 2.03. The van der Waals surface area contributed by atoms with Crippen LogP contribution in [0.4, 0.5) is 28.4 Å². The second-order valence-electron chi connectivity index (χ2n) is 4.76. The lowest BCUT2D eigenvalue weighted by Crippen LogP contribution is -2.03. The second-order valence-corrected chi connectivity index (χ2v) is 4.76. The van der Waals surface area contributed by atoms with Crippen molar-refractivity contribution >= 4 is 34.3 Å². The minimum Gasteiger partial charge on any atom is -0.399 e. The summed E-state index contributed by atoms with van der Waals surface area (Å²) in [7, 11) is 0. The lowest BCUT2D eigenvalue weighted by atomic mass is 10.1. The molecular formula is C14H12N4O3. The van der Waals surface area contributed by atoms with Crippen LogP contribution in [0.3, 0.4) is 0 Å². The molecule has 0 spiro atoms. The summed E-state index contributed by atoms with van der Waals surface area (Å²) in [4.78, 5) is 22.1. The van der Waals surface area contributed by atoms with Gasteiger partial charge in [-0.15, -0.1) is 0 Å². The van der Waals surface area contributed by atoms with Crippen LogP contribution in [0.1, 0.15) is 5.56 Å². The van der Waals surface area contributed by atoms with Gasteiger partial charge in [0.25, 0.3) is 5.69 Å². The van der Waals surface area contributed by atoms with E-state index < -0.39 is 4.92 Å². The third kappa shape index (κ3) is 2.48. The van der Waals surface area contributed by atoms with E-state index in [2.05, 4.69) is 10.6 Å². The van der Waals surface area contributed by atoms with Crippen molar-refractivity contribution in [1.82, 2.24) is 0 Å². The molecule has 0 bridgehead atoms. The molecule has 21 heavy (non-hydrogen) atoms. The van der Waals surface area contributed by atoms with E-state index in [1.165, 1.54) is 6.07 Å². The smallest absolute Gasteiger partial charge is 0.293 e. The Morgan fingerprint density at radius 3 is 2.81 bits per heavy atom. The third-order valence-corrected chi connectivity index (χ3v) is 3.21. The number of fused-ring (bicyclic) bond motifs is 1. The van der Waals surface area contributed by atoms with Crippen molar-refractivity contribution < 1.29 is 9.72 Å². The van der Waals surface area contributed by atoms with E-state index >= 15 is 0 Å².